The van der Waals surface area contributed by atoms with Crippen molar-refractivity contribution < 1.29 is 32.2 Å². The number of hydrogen-bond donors (Lipinski definition) is 4. The molecule has 3 fully saturated rings. The molecule has 3 aliphatic rings. The fourth-order valence-corrected chi connectivity index (χ4v) is 8.81. The first-order valence-corrected chi connectivity index (χ1v) is 17.5. The Hall–Kier alpha value is -2.77. The Balaban J connectivity index is 1.40. The van der Waals surface area contributed by atoms with Gasteiger partial charge in [0, 0.05) is 47.4 Å². The number of carbonyl (C=O) groups excluding carboxylic acids is 1. The Morgan fingerprint density at radius 3 is 2.64 bits per heavy atom. The quantitative estimate of drug-likeness (QED) is 0.304. The van der Waals surface area contributed by atoms with Gasteiger partial charge < -0.3 is 25.8 Å². The number of carbonyl (C=O) groups is 2. The SMILES string of the molecule is CC1(C)CCC(C(c2ccc(Cl)cc2)C(NC(=O)O)C(=O)Nc2cccc(F)c2CC[C@H]2CN[C@@H]3CCCS(=O)(=O)N2C3)CO1. The molecular formula is C32H42ClFN4O6S. The summed E-state index contributed by atoms with van der Waals surface area (Å²) < 4.78 is 48.8. The molecule has 0 saturated carbocycles. The lowest BCUT2D eigenvalue weighted by molar-refractivity contribution is -0.120. The number of sulfonamides is 1. The van der Waals surface area contributed by atoms with E-state index >= 15 is 4.39 Å². The fourth-order valence-electron chi connectivity index (χ4n) is 6.87. The third-order valence-corrected chi connectivity index (χ3v) is 11.6. The lowest BCUT2D eigenvalue weighted by Gasteiger charge is -2.40. The first-order valence-electron chi connectivity index (χ1n) is 15.5. The number of hydrogen-bond acceptors (Lipinski definition) is 6. The molecule has 0 aromatic heterocycles. The van der Waals surface area contributed by atoms with Crippen LogP contribution in [0.3, 0.4) is 0 Å². The van der Waals surface area contributed by atoms with Crippen molar-refractivity contribution >= 4 is 39.3 Å². The summed E-state index contributed by atoms with van der Waals surface area (Å²) in [6.07, 6.45) is 1.97. The standard InChI is InChI=1S/C32H42ClFN4O6S/c1-32(2)15-14-21(19-44-32)28(20-8-10-22(33)11-9-20)29(37-31(40)41)30(39)36-27-7-3-6-26(34)25(27)13-12-24-17-35-23-5-4-16-45(42,43)38(24)18-23/h3,6-11,21,23-24,28-29,35,37H,4-5,12-19H2,1-2H3,(H,36,39)(H,40,41)/t21?,23-,24+,28?,29?/m1/s1. The van der Waals surface area contributed by atoms with Crippen LogP contribution in [0.5, 0.6) is 0 Å². The van der Waals surface area contributed by atoms with E-state index in [1.807, 2.05) is 13.8 Å². The van der Waals surface area contributed by atoms with E-state index in [0.29, 0.717) is 44.0 Å². The largest absolute Gasteiger partial charge is 0.465 e. The molecule has 2 aromatic carbocycles. The lowest BCUT2D eigenvalue weighted by atomic mass is 9.75. The van der Waals surface area contributed by atoms with Crippen molar-refractivity contribution in [3.8, 4) is 0 Å². The molecule has 3 saturated heterocycles. The van der Waals surface area contributed by atoms with Gasteiger partial charge in [-0.3, -0.25) is 4.79 Å². The van der Waals surface area contributed by atoms with Gasteiger partial charge in [-0.1, -0.05) is 29.8 Å². The summed E-state index contributed by atoms with van der Waals surface area (Å²) >= 11 is 6.15. The Morgan fingerprint density at radius 2 is 1.96 bits per heavy atom. The monoisotopic (exact) mass is 664 g/mol. The van der Waals surface area contributed by atoms with Gasteiger partial charge >= 0.3 is 6.09 Å². The molecule has 0 radical (unpaired) electrons. The van der Waals surface area contributed by atoms with Crippen molar-refractivity contribution in [1.82, 2.24) is 14.9 Å². The van der Waals surface area contributed by atoms with E-state index in [-0.39, 0.29) is 47.0 Å². The van der Waals surface area contributed by atoms with Crippen LogP contribution in [0.1, 0.15) is 63.0 Å². The average Bonchev–Trinajstić information content (AvgIpc) is 3.09. The molecule has 2 bridgehead atoms. The van der Waals surface area contributed by atoms with E-state index in [0.717, 1.165) is 18.4 Å². The number of carboxylic acid groups (broad SMARTS) is 1. The number of ether oxygens (including phenoxy) is 1. The molecule has 4 unspecified atom stereocenters. The summed E-state index contributed by atoms with van der Waals surface area (Å²) in [4.78, 5) is 26.1. The normalized spacial score (nSPS) is 27.0. The minimum absolute atomic E-state index is 0.0962. The van der Waals surface area contributed by atoms with Gasteiger partial charge in [0.1, 0.15) is 11.9 Å². The van der Waals surface area contributed by atoms with E-state index in [1.54, 1.807) is 34.6 Å². The highest BCUT2D eigenvalue weighted by Gasteiger charge is 2.41. The number of nitrogens with zero attached hydrogens (tertiary/aromatic N) is 1. The Kier molecular flexibility index (Phi) is 10.4. The minimum atomic E-state index is -3.42. The number of fused-ring (bicyclic) bond motifs is 2. The van der Waals surface area contributed by atoms with Gasteiger partial charge in [0.15, 0.2) is 0 Å². The smallest absolute Gasteiger partial charge is 0.405 e. The minimum Gasteiger partial charge on any atom is -0.465 e. The molecule has 6 atom stereocenters. The molecule has 2 amide bonds. The van der Waals surface area contributed by atoms with Gasteiger partial charge in [-0.25, -0.2) is 17.6 Å². The second-order valence-electron chi connectivity index (χ2n) is 13.0. The molecule has 10 nitrogen and oxygen atoms in total. The maximum absolute atomic E-state index is 15.3. The molecule has 0 spiro atoms. The van der Waals surface area contributed by atoms with Gasteiger partial charge in [0.25, 0.3) is 0 Å². The number of piperazine rings is 1. The van der Waals surface area contributed by atoms with E-state index < -0.39 is 39.8 Å². The number of amides is 2. The lowest BCUT2D eigenvalue weighted by Crippen LogP contribution is -2.57. The maximum Gasteiger partial charge on any atom is 0.405 e. The van der Waals surface area contributed by atoms with E-state index in [2.05, 4.69) is 16.0 Å². The van der Waals surface area contributed by atoms with Crippen LogP contribution in [0.25, 0.3) is 0 Å². The highest BCUT2D eigenvalue weighted by molar-refractivity contribution is 7.89. The molecule has 0 aliphatic carbocycles. The summed E-state index contributed by atoms with van der Waals surface area (Å²) in [5, 5.41) is 19.0. The molecule has 4 N–H and O–H groups in total. The zero-order valence-electron chi connectivity index (χ0n) is 25.6. The van der Waals surface area contributed by atoms with Crippen LogP contribution in [0.2, 0.25) is 5.02 Å². The second kappa shape index (κ2) is 13.9. The Morgan fingerprint density at radius 1 is 1.20 bits per heavy atom. The third kappa shape index (κ3) is 8.15. The van der Waals surface area contributed by atoms with Gasteiger partial charge in [-0.05, 0) is 88.1 Å². The van der Waals surface area contributed by atoms with Gasteiger partial charge in [-0.15, -0.1) is 0 Å². The maximum atomic E-state index is 15.3. The van der Waals surface area contributed by atoms with Crippen molar-refractivity contribution in [1.29, 1.82) is 0 Å². The van der Waals surface area contributed by atoms with Crippen molar-refractivity contribution in [3.05, 3.63) is 64.4 Å². The zero-order valence-corrected chi connectivity index (χ0v) is 27.2. The summed E-state index contributed by atoms with van der Waals surface area (Å²) in [5.41, 5.74) is 0.841. The fraction of sp³-hybridized carbons (Fsp3) is 0.562. The summed E-state index contributed by atoms with van der Waals surface area (Å²) in [5.74, 6) is -1.86. The van der Waals surface area contributed by atoms with Gasteiger partial charge in [0.2, 0.25) is 15.9 Å². The molecular weight excluding hydrogens is 623 g/mol. The van der Waals surface area contributed by atoms with Crippen molar-refractivity contribution in [2.75, 3.05) is 30.8 Å². The van der Waals surface area contributed by atoms with E-state index in [1.165, 1.54) is 12.1 Å². The summed E-state index contributed by atoms with van der Waals surface area (Å²) in [7, 11) is -3.42. The van der Waals surface area contributed by atoms with Crippen LogP contribution in [-0.2, 0) is 26.0 Å². The van der Waals surface area contributed by atoms with E-state index in [9.17, 15) is 23.1 Å². The number of benzene rings is 2. The van der Waals surface area contributed by atoms with Gasteiger partial charge in [0.05, 0.1) is 18.0 Å². The van der Waals surface area contributed by atoms with Crippen LogP contribution >= 0.6 is 11.6 Å². The predicted octanol–water partition coefficient (Wildman–Crippen LogP) is 4.74. The Labute approximate surface area is 269 Å². The van der Waals surface area contributed by atoms with Crippen LogP contribution in [0.4, 0.5) is 14.9 Å². The molecule has 45 heavy (non-hydrogen) atoms. The zero-order chi connectivity index (χ0) is 32.4. The van der Waals surface area contributed by atoms with Gasteiger partial charge in [-0.2, -0.15) is 4.31 Å². The number of halogens is 2. The number of anilines is 1. The van der Waals surface area contributed by atoms with Crippen LogP contribution in [0.15, 0.2) is 42.5 Å². The molecule has 2 aromatic rings. The van der Waals surface area contributed by atoms with Crippen molar-refractivity contribution in [2.24, 2.45) is 5.92 Å². The van der Waals surface area contributed by atoms with E-state index in [4.69, 9.17) is 16.3 Å². The third-order valence-electron chi connectivity index (χ3n) is 9.35. The number of nitrogens with one attached hydrogen (secondary N) is 3. The molecule has 13 heteroatoms. The van der Waals surface area contributed by atoms with Crippen LogP contribution < -0.4 is 16.0 Å². The molecule has 5 rings (SSSR count). The highest BCUT2D eigenvalue weighted by atomic mass is 35.5. The average molecular weight is 665 g/mol. The number of rotatable bonds is 9. The van der Waals surface area contributed by atoms with Crippen LogP contribution in [-0.4, -0.2) is 79.0 Å². The summed E-state index contributed by atoms with van der Waals surface area (Å²) in [6, 6.07) is 9.85. The molecule has 3 heterocycles. The Bertz CT molecular complexity index is 1480. The first kappa shape index (κ1) is 33.6. The molecule has 246 valence electrons. The highest BCUT2D eigenvalue weighted by Crippen LogP contribution is 2.39. The van der Waals surface area contributed by atoms with Crippen molar-refractivity contribution in [3.63, 3.8) is 0 Å². The van der Waals surface area contributed by atoms with Crippen LogP contribution in [0, 0.1) is 11.7 Å². The van der Waals surface area contributed by atoms with Crippen molar-refractivity contribution in [2.45, 2.75) is 82.0 Å². The first-order chi connectivity index (χ1) is 21.3. The predicted molar refractivity (Wildman–Crippen MR) is 171 cm³/mol. The second-order valence-corrected chi connectivity index (χ2v) is 15.4. The topological polar surface area (TPSA) is 137 Å². The molecule has 3 aliphatic heterocycles. The summed E-state index contributed by atoms with van der Waals surface area (Å²) in [6.45, 7) is 5.18.